The predicted molar refractivity (Wildman–Crippen MR) is 106 cm³/mol. The summed E-state index contributed by atoms with van der Waals surface area (Å²) in [5.74, 6) is 0. The number of pyridine rings is 1. The third-order valence-electron chi connectivity index (χ3n) is 5.60. The van der Waals surface area contributed by atoms with Gasteiger partial charge in [-0.15, -0.1) is 0 Å². The quantitative estimate of drug-likeness (QED) is 0.687. The van der Waals surface area contributed by atoms with E-state index in [1.54, 1.807) is 0 Å². The first kappa shape index (κ1) is 17.6. The van der Waals surface area contributed by atoms with E-state index in [1.807, 2.05) is 22.9 Å². The molecule has 2 aliphatic heterocycles. The molecule has 0 bridgehead atoms. The second-order valence-corrected chi connectivity index (χ2v) is 7.50. The lowest BCUT2D eigenvalue weighted by molar-refractivity contribution is -0.0901. The first-order valence-electron chi connectivity index (χ1n) is 9.94. The van der Waals surface area contributed by atoms with E-state index >= 15 is 0 Å². The van der Waals surface area contributed by atoms with Crippen molar-refractivity contribution < 1.29 is 13.9 Å². The van der Waals surface area contributed by atoms with Crippen LogP contribution in [0.4, 0.5) is 10.1 Å². The highest BCUT2D eigenvalue weighted by Crippen LogP contribution is 2.28. The third kappa shape index (κ3) is 3.50. The molecule has 4 heterocycles. The number of aromatic nitrogens is 2. The number of ether oxygens (including phenoxy) is 2. The molecular formula is C22H24FN3O2. The monoisotopic (exact) mass is 381 g/mol. The van der Waals surface area contributed by atoms with E-state index in [4.69, 9.17) is 14.5 Å². The van der Waals surface area contributed by atoms with E-state index in [0.29, 0.717) is 32.7 Å². The Kier molecular flexibility index (Phi) is 4.74. The van der Waals surface area contributed by atoms with Crippen LogP contribution >= 0.6 is 0 Å². The molecule has 28 heavy (non-hydrogen) atoms. The summed E-state index contributed by atoms with van der Waals surface area (Å²) in [7, 11) is 0. The van der Waals surface area contributed by atoms with Gasteiger partial charge in [0.25, 0.3) is 0 Å². The number of anilines is 1. The topological polar surface area (TPSA) is 39.0 Å². The van der Waals surface area contributed by atoms with Crippen molar-refractivity contribution in [2.75, 3.05) is 37.8 Å². The Morgan fingerprint density at radius 3 is 2.79 bits per heavy atom. The number of hydrogen-bond acceptors (Lipinski definition) is 4. The van der Waals surface area contributed by atoms with Gasteiger partial charge in [0, 0.05) is 42.8 Å². The fraction of sp³-hybridized carbons (Fsp3) is 0.409. The summed E-state index contributed by atoms with van der Waals surface area (Å²) >= 11 is 0. The maximum atomic E-state index is 13.4. The summed E-state index contributed by atoms with van der Waals surface area (Å²) < 4.78 is 26.8. The van der Waals surface area contributed by atoms with Crippen molar-refractivity contribution >= 4 is 11.3 Å². The summed E-state index contributed by atoms with van der Waals surface area (Å²) in [6.45, 7) is 3.40. The van der Waals surface area contributed by atoms with Crippen molar-refractivity contribution in [3.8, 4) is 11.3 Å². The lowest BCUT2D eigenvalue weighted by Crippen LogP contribution is -2.34. The van der Waals surface area contributed by atoms with Crippen molar-refractivity contribution in [3.05, 3.63) is 54.4 Å². The van der Waals surface area contributed by atoms with Gasteiger partial charge in [-0.2, -0.15) is 0 Å². The Balaban J connectivity index is 1.42. The van der Waals surface area contributed by atoms with Crippen molar-refractivity contribution in [2.45, 2.75) is 25.1 Å². The molecular weight excluding hydrogens is 357 g/mol. The zero-order valence-corrected chi connectivity index (χ0v) is 15.8. The summed E-state index contributed by atoms with van der Waals surface area (Å²) in [6.07, 6.45) is 4.60. The lowest BCUT2D eigenvalue weighted by atomic mass is 10.0. The number of imidazole rings is 1. The van der Waals surface area contributed by atoms with Crippen LogP contribution < -0.4 is 4.90 Å². The van der Waals surface area contributed by atoms with Gasteiger partial charge in [0.1, 0.15) is 17.9 Å². The second-order valence-electron chi connectivity index (χ2n) is 7.50. The van der Waals surface area contributed by atoms with E-state index in [-0.39, 0.29) is 6.10 Å². The van der Waals surface area contributed by atoms with Crippen LogP contribution in [0.15, 0.2) is 48.8 Å². The maximum absolute atomic E-state index is 13.4. The molecule has 2 aromatic heterocycles. The SMILES string of the molecule is FC1CCN(c2ccn3cc(-c4cccc(C5COCCO5)c4)nc3c2)CC1. The van der Waals surface area contributed by atoms with Crippen molar-refractivity contribution in [3.63, 3.8) is 0 Å². The Morgan fingerprint density at radius 1 is 1.07 bits per heavy atom. The highest BCUT2D eigenvalue weighted by atomic mass is 19.1. The first-order valence-corrected chi connectivity index (χ1v) is 9.94. The molecule has 5 rings (SSSR count). The largest absolute Gasteiger partial charge is 0.376 e. The zero-order chi connectivity index (χ0) is 18.9. The van der Waals surface area contributed by atoms with Gasteiger partial charge in [0.05, 0.1) is 25.5 Å². The van der Waals surface area contributed by atoms with Crippen LogP contribution in [0.1, 0.15) is 24.5 Å². The lowest BCUT2D eigenvalue weighted by Gasteiger charge is -2.30. The standard InChI is InChI=1S/C22H24FN3O2/c23-18-4-7-25(8-5-18)19-6-9-26-14-20(24-22(26)13-19)16-2-1-3-17(12-16)21-15-27-10-11-28-21/h1-3,6,9,12-14,18,21H,4-5,7-8,10-11,15H2. The fourth-order valence-electron chi connectivity index (χ4n) is 3.99. The van der Waals surface area contributed by atoms with Crippen molar-refractivity contribution in [2.24, 2.45) is 0 Å². The molecule has 0 radical (unpaired) electrons. The molecule has 0 N–H and O–H groups in total. The average molecular weight is 381 g/mol. The van der Waals surface area contributed by atoms with Gasteiger partial charge in [-0.05, 0) is 30.5 Å². The summed E-state index contributed by atoms with van der Waals surface area (Å²) in [6, 6.07) is 12.5. The van der Waals surface area contributed by atoms with Gasteiger partial charge in [0.15, 0.2) is 0 Å². The van der Waals surface area contributed by atoms with Gasteiger partial charge in [-0.3, -0.25) is 0 Å². The number of hydrogen-bond donors (Lipinski definition) is 0. The maximum Gasteiger partial charge on any atom is 0.139 e. The molecule has 0 amide bonds. The van der Waals surface area contributed by atoms with Gasteiger partial charge in [-0.1, -0.05) is 18.2 Å². The van der Waals surface area contributed by atoms with E-state index in [9.17, 15) is 4.39 Å². The summed E-state index contributed by atoms with van der Waals surface area (Å²) in [5.41, 5.74) is 5.12. The molecule has 0 saturated carbocycles. The van der Waals surface area contributed by atoms with Gasteiger partial charge in [0.2, 0.25) is 0 Å². The zero-order valence-electron chi connectivity index (χ0n) is 15.8. The molecule has 2 saturated heterocycles. The smallest absolute Gasteiger partial charge is 0.139 e. The summed E-state index contributed by atoms with van der Waals surface area (Å²) in [4.78, 5) is 7.07. The average Bonchev–Trinajstić information content (AvgIpc) is 3.18. The molecule has 0 spiro atoms. The van der Waals surface area contributed by atoms with E-state index in [1.165, 1.54) is 0 Å². The highest BCUT2D eigenvalue weighted by Gasteiger charge is 2.20. The van der Waals surface area contributed by atoms with Crippen LogP contribution in [0.5, 0.6) is 0 Å². The summed E-state index contributed by atoms with van der Waals surface area (Å²) in [5, 5.41) is 0. The van der Waals surface area contributed by atoms with Gasteiger partial charge in [-0.25, -0.2) is 9.37 Å². The highest BCUT2D eigenvalue weighted by molar-refractivity contribution is 5.66. The third-order valence-corrected chi connectivity index (χ3v) is 5.60. The second kappa shape index (κ2) is 7.53. The number of nitrogens with zero attached hydrogens (tertiary/aromatic N) is 3. The minimum atomic E-state index is -0.663. The number of fused-ring (bicyclic) bond motifs is 1. The number of halogens is 1. The Labute approximate surface area is 163 Å². The van der Waals surface area contributed by atoms with Crippen LogP contribution in [-0.4, -0.2) is 48.5 Å². The van der Waals surface area contributed by atoms with Crippen LogP contribution in [0.2, 0.25) is 0 Å². The number of rotatable bonds is 3. The number of benzene rings is 1. The van der Waals surface area contributed by atoms with Crippen molar-refractivity contribution in [1.29, 1.82) is 0 Å². The molecule has 1 atom stereocenters. The molecule has 3 aromatic rings. The molecule has 6 heteroatoms. The van der Waals surface area contributed by atoms with Crippen LogP contribution in [0.3, 0.4) is 0 Å². The predicted octanol–water partition coefficient (Wildman–Crippen LogP) is 4.03. The van der Waals surface area contributed by atoms with Crippen LogP contribution in [0, 0.1) is 0 Å². The van der Waals surface area contributed by atoms with Crippen LogP contribution in [-0.2, 0) is 9.47 Å². The van der Waals surface area contributed by atoms with Gasteiger partial charge >= 0.3 is 0 Å². The molecule has 5 nitrogen and oxygen atoms in total. The molecule has 2 aliphatic rings. The minimum Gasteiger partial charge on any atom is -0.376 e. The Morgan fingerprint density at radius 2 is 1.96 bits per heavy atom. The first-order chi connectivity index (χ1) is 13.8. The van der Waals surface area contributed by atoms with Crippen molar-refractivity contribution in [1.82, 2.24) is 9.38 Å². The van der Waals surface area contributed by atoms with E-state index in [0.717, 1.165) is 41.2 Å². The molecule has 146 valence electrons. The van der Waals surface area contributed by atoms with Gasteiger partial charge < -0.3 is 18.8 Å². The number of piperidine rings is 1. The van der Waals surface area contributed by atoms with Crippen LogP contribution in [0.25, 0.3) is 16.9 Å². The fourth-order valence-corrected chi connectivity index (χ4v) is 3.99. The molecule has 0 aliphatic carbocycles. The molecule has 1 unspecified atom stereocenters. The Hall–Kier alpha value is -2.44. The normalized spacial score (nSPS) is 21.3. The van der Waals surface area contributed by atoms with E-state index in [2.05, 4.69) is 35.2 Å². The molecule has 1 aromatic carbocycles. The minimum absolute atomic E-state index is 0.0178. The number of alkyl halides is 1. The van der Waals surface area contributed by atoms with E-state index < -0.39 is 6.17 Å². The molecule has 2 fully saturated rings. The Bertz CT molecular complexity index is 959.